The van der Waals surface area contributed by atoms with Crippen LogP contribution in [0.3, 0.4) is 0 Å². The number of benzene rings is 1. The van der Waals surface area contributed by atoms with Crippen molar-refractivity contribution in [2.45, 2.75) is 39.6 Å². The fourth-order valence-corrected chi connectivity index (χ4v) is 2.37. The normalized spacial score (nSPS) is 21.0. The Hall–Kier alpha value is -1.36. The van der Waals surface area contributed by atoms with Crippen LogP contribution in [0.1, 0.15) is 27.7 Å². The van der Waals surface area contributed by atoms with Crippen LogP contribution in [0.2, 0.25) is 6.32 Å². The molecule has 0 radical (unpaired) electrons. The molecule has 0 unspecified atom stereocenters. The zero-order chi connectivity index (χ0) is 13.6. The summed E-state index contributed by atoms with van der Waals surface area (Å²) in [4.78, 5) is 10.7. The molecule has 96 valence electrons. The van der Waals surface area contributed by atoms with Gasteiger partial charge >= 0.3 is 6.92 Å². The molecule has 18 heavy (non-hydrogen) atoms. The number of nitrogens with zero attached hydrogens (tertiary/aromatic N) is 1. The molecule has 1 aliphatic rings. The minimum atomic E-state index is -0.336. The number of para-hydroxylation sites is 1. The van der Waals surface area contributed by atoms with Crippen molar-refractivity contribution >= 4 is 18.1 Å². The van der Waals surface area contributed by atoms with Gasteiger partial charge in [-0.25, -0.2) is 0 Å². The van der Waals surface area contributed by atoms with Crippen molar-refractivity contribution in [1.82, 2.24) is 0 Å². The molecule has 0 aliphatic carbocycles. The Morgan fingerprint density at radius 2 is 1.89 bits per heavy atom. The molecule has 0 spiro atoms. The molecular weight excluding hydrogens is 229 g/mol. The Balaban J connectivity index is 2.38. The summed E-state index contributed by atoms with van der Waals surface area (Å²) in [6.45, 7) is 8.17. The lowest BCUT2D eigenvalue weighted by Crippen LogP contribution is -2.36. The summed E-state index contributed by atoms with van der Waals surface area (Å²) < 4.78 is 6.04. The van der Waals surface area contributed by atoms with Crippen LogP contribution in [0.4, 0.5) is 5.69 Å². The van der Waals surface area contributed by atoms with Crippen molar-refractivity contribution in [3.05, 3.63) is 34.4 Å². The lowest BCUT2D eigenvalue weighted by atomic mass is 9.54. The minimum Gasteiger partial charge on any atom is -0.425 e. The Labute approximate surface area is 108 Å². The van der Waals surface area contributed by atoms with Crippen LogP contribution in [0.5, 0.6) is 0 Å². The highest BCUT2D eigenvalue weighted by atomic mass is 16.6. The van der Waals surface area contributed by atoms with Crippen LogP contribution in [0.25, 0.3) is 0 Å². The van der Waals surface area contributed by atoms with Crippen molar-refractivity contribution in [1.29, 1.82) is 0 Å². The van der Waals surface area contributed by atoms with Crippen molar-refractivity contribution in [2.75, 3.05) is 0 Å². The van der Waals surface area contributed by atoms with Crippen molar-refractivity contribution < 1.29 is 9.58 Å². The van der Waals surface area contributed by atoms with Crippen LogP contribution in [0.15, 0.2) is 24.3 Å². The summed E-state index contributed by atoms with van der Waals surface area (Å²) in [5, 5.41) is 11.1. The van der Waals surface area contributed by atoms with Gasteiger partial charge in [0.25, 0.3) is 5.69 Å². The first-order chi connectivity index (χ1) is 8.24. The molecule has 0 amide bonds. The maximum absolute atomic E-state index is 11.1. The topological polar surface area (TPSA) is 52.4 Å². The van der Waals surface area contributed by atoms with Crippen LogP contribution < -0.4 is 5.46 Å². The molecule has 0 bridgehead atoms. The highest BCUT2D eigenvalue weighted by Crippen LogP contribution is 2.45. The van der Waals surface area contributed by atoms with E-state index in [4.69, 9.17) is 4.65 Å². The van der Waals surface area contributed by atoms with E-state index in [0.717, 1.165) is 6.32 Å². The van der Waals surface area contributed by atoms with E-state index in [1.54, 1.807) is 12.1 Å². The van der Waals surface area contributed by atoms with Gasteiger partial charge in [-0.1, -0.05) is 32.0 Å². The largest absolute Gasteiger partial charge is 0.425 e. The molecule has 2 rings (SSSR count). The fourth-order valence-electron chi connectivity index (χ4n) is 2.37. The van der Waals surface area contributed by atoms with Crippen molar-refractivity contribution in [3.63, 3.8) is 0 Å². The lowest BCUT2D eigenvalue weighted by molar-refractivity contribution is -0.383. The Kier molecular flexibility index (Phi) is 2.97. The second-order valence-electron chi connectivity index (χ2n) is 6.02. The van der Waals surface area contributed by atoms with E-state index in [2.05, 4.69) is 13.8 Å². The first kappa shape index (κ1) is 13.1. The Bertz CT molecular complexity index is 469. The number of hydrogen-bond acceptors (Lipinski definition) is 3. The van der Waals surface area contributed by atoms with Gasteiger partial charge in [0.05, 0.1) is 10.5 Å². The third-order valence-electron chi connectivity index (χ3n) is 4.24. The second kappa shape index (κ2) is 4.09. The third-order valence-corrected chi connectivity index (χ3v) is 4.24. The first-order valence-corrected chi connectivity index (χ1v) is 6.16. The van der Waals surface area contributed by atoms with Gasteiger partial charge in [-0.2, -0.15) is 0 Å². The molecule has 1 heterocycles. The monoisotopic (exact) mass is 247 g/mol. The molecule has 4 nitrogen and oxygen atoms in total. The first-order valence-electron chi connectivity index (χ1n) is 6.16. The molecule has 1 fully saturated rings. The van der Waals surface area contributed by atoms with E-state index < -0.39 is 0 Å². The molecule has 0 saturated carbocycles. The molecule has 0 N–H and O–H groups in total. The Morgan fingerprint density at radius 1 is 1.28 bits per heavy atom. The number of hydrogen-bond donors (Lipinski definition) is 0. The van der Waals surface area contributed by atoms with Gasteiger partial charge in [-0.15, -0.1) is 0 Å². The molecule has 1 aromatic rings. The molecule has 1 aromatic carbocycles. The van der Waals surface area contributed by atoms with Crippen molar-refractivity contribution in [2.24, 2.45) is 5.41 Å². The zero-order valence-corrected chi connectivity index (χ0v) is 11.3. The number of rotatable bonds is 2. The fraction of sp³-hybridized carbons (Fsp3) is 0.538. The minimum absolute atomic E-state index is 0.00137. The summed E-state index contributed by atoms with van der Waals surface area (Å²) in [7, 11) is 0. The van der Waals surface area contributed by atoms with Gasteiger partial charge in [-0.3, -0.25) is 10.1 Å². The molecule has 0 atom stereocenters. The third kappa shape index (κ3) is 2.03. The summed E-state index contributed by atoms with van der Waals surface area (Å²) in [5.74, 6) is 0. The summed E-state index contributed by atoms with van der Waals surface area (Å²) >= 11 is 0. The second-order valence-corrected chi connectivity index (χ2v) is 6.02. The maximum atomic E-state index is 11.1. The molecule has 1 aliphatic heterocycles. The van der Waals surface area contributed by atoms with Crippen LogP contribution in [0, 0.1) is 15.5 Å². The highest BCUT2D eigenvalue weighted by molar-refractivity contribution is 6.69. The summed E-state index contributed by atoms with van der Waals surface area (Å²) in [5.41, 5.74) is 0.556. The zero-order valence-electron chi connectivity index (χ0n) is 11.3. The highest BCUT2D eigenvalue weighted by Gasteiger charge is 2.51. The van der Waals surface area contributed by atoms with Crippen LogP contribution >= 0.6 is 0 Å². The average molecular weight is 247 g/mol. The van der Waals surface area contributed by atoms with E-state index in [9.17, 15) is 10.1 Å². The van der Waals surface area contributed by atoms with Gasteiger partial charge in [0.2, 0.25) is 0 Å². The molecule has 0 aromatic heterocycles. The molecular formula is C13H18BNO3. The number of nitro groups is 1. The van der Waals surface area contributed by atoms with Crippen LogP contribution in [-0.4, -0.2) is 17.4 Å². The van der Waals surface area contributed by atoms with Gasteiger partial charge in [0.15, 0.2) is 0 Å². The van der Waals surface area contributed by atoms with Gasteiger partial charge in [-0.05, 0) is 25.6 Å². The smallest absolute Gasteiger partial charge is 0.335 e. The lowest BCUT2D eigenvalue weighted by Gasteiger charge is -2.34. The van der Waals surface area contributed by atoms with E-state index in [0.29, 0.717) is 5.46 Å². The average Bonchev–Trinajstić information content (AvgIpc) is 2.48. The number of nitro benzene ring substituents is 1. The van der Waals surface area contributed by atoms with E-state index in [1.165, 1.54) is 6.07 Å². The van der Waals surface area contributed by atoms with Gasteiger partial charge < -0.3 is 4.65 Å². The van der Waals surface area contributed by atoms with Gasteiger partial charge in [0.1, 0.15) is 0 Å². The molecule has 5 heteroatoms. The van der Waals surface area contributed by atoms with Gasteiger partial charge in [0, 0.05) is 11.5 Å². The van der Waals surface area contributed by atoms with E-state index in [-0.39, 0.29) is 28.5 Å². The van der Waals surface area contributed by atoms with Crippen molar-refractivity contribution in [3.8, 4) is 0 Å². The Morgan fingerprint density at radius 3 is 2.39 bits per heavy atom. The predicted molar refractivity (Wildman–Crippen MR) is 72.2 cm³/mol. The summed E-state index contributed by atoms with van der Waals surface area (Å²) in [6.07, 6.45) is 0.796. The summed E-state index contributed by atoms with van der Waals surface area (Å²) in [6, 6.07) is 6.84. The SMILES string of the molecule is CC1(C)CB(c2ccccc2[N+](=O)[O-])OC1(C)C. The van der Waals surface area contributed by atoms with E-state index >= 15 is 0 Å². The predicted octanol–water partition coefficient (Wildman–Crippen LogP) is 2.63. The maximum Gasteiger partial charge on any atom is 0.335 e. The van der Waals surface area contributed by atoms with Crippen LogP contribution in [-0.2, 0) is 4.65 Å². The standard InChI is InChI=1S/C13H18BNO3/c1-12(2)9-14(18-13(12,3)4)10-7-5-6-8-11(10)15(16)17/h5-8H,9H2,1-4H3. The molecule has 1 saturated heterocycles. The quantitative estimate of drug-likeness (QED) is 0.458. The van der Waals surface area contributed by atoms with E-state index in [1.807, 2.05) is 19.9 Å².